The molecule has 9 heteroatoms. The Bertz CT molecular complexity index is 548. The minimum atomic E-state index is -3.77. The van der Waals surface area contributed by atoms with Crippen LogP contribution in [0.3, 0.4) is 0 Å². The zero-order valence-electron chi connectivity index (χ0n) is 9.56. The highest BCUT2D eigenvalue weighted by Gasteiger charge is 2.17. The third-order valence-electron chi connectivity index (χ3n) is 1.99. The quantitative estimate of drug-likeness (QED) is 0.501. The minimum absolute atomic E-state index is 0.0233. The number of carbonyl (C=O) groups is 2. The Kier molecular flexibility index (Phi) is 4.45. The normalized spacial score (nSPS) is 11.2. The van der Waals surface area contributed by atoms with Crippen LogP contribution in [0.5, 0.6) is 0 Å². The Labute approximate surface area is 103 Å². The van der Waals surface area contributed by atoms with Gasteiger partial charge in [0.1, 0.15) is 10.6 Å². The predicted octanol–water partition coefficient (Wildman–Crippen LogP) is -0.873. The van der Waals surface area contributed by atoms with Crippen LogP contribution in [0.1, 0.15) is 17.4 Å². The number of carboxylic acids is 1. The number of hydrogen-bond donors (Lipinski definition) is 4. The lowest BCUT2D eigenvalue weighted by molar-refractivity contribution is -0.118. The smallest absolute Gasteiger partial charge is 0.352 e. The van der Waals surface area contributed by atoms with E-state index in [1.165, 1.54) is 6.92 Å². The molecule has 1 aromatic rings. The zero-order valence-corrected chi connectivity index (χ0v) is 10.4. The average Bonchev–Trinajstić information content (AvgIpc) is 2.74. The fourth-order valence-electron chi connectivity index (χ4n) is 1.16. The first-order chi connectivity index (χ1) is 8.33. The molecule has 0 aliphatic heterocycles. The van der Waals surface area contributed by atoms with Crippen molar-refractivity contribution in [3.8, 4) is 0 Å². The second-order valence-electron chi connectivity index (χ2n) is 3.43. The molecule has 0 fully saturated rings. The van der Waals surface area contributed by atoms with Crippen molar-refractivity contribution < 1.29 is 23.1 Å². The van der Waals surface area contributed by atoms with E-state index in [-0.39, 0.29) is 29.6 Å². The van der Waals surface area contributed by atoms with Gasteiger partial charge in [-0.1, -0.05) is 0 Å². The average molecular weight is 275 g/mol. The standard InChI is InChI=1S/C9H13N3O5S/c1-6(13)10-2-3-12-18(16,17)7-4-8(9(14)15)11-5-7/h4-5,11-12H,2-3H2,1H3,(H,10,13)(H,14,15). The van der Waals surface area contributed by atoms with Gasteiger partial charge in [0.2, 0.25) is 15.9 Å². The van der Waals surface area contributed by atoms with Crippen molar-refractivity contribution in [2.24, 2.45) is 0 Å². The second-order valence-corrected chi connectivity index (χ2v) is 5.20. The van der Waals surface area contributed by atoms with E-state index in [1.807, 2.05) is 0 Å². The van der Waals surface area contributed by atoms with Crippen LogP contribution in [0.25, 0.3) is 0 Å². The second kappa shape index (κ2) is 5.65. The van der Waals surface area contributed by atoms with Crippen LogP contribution in [0.2, 0.25) is 0 Å². The van der Waals surface area contributed by atoms with E-state index in [0.717, 1.165) is 12.3 Å². The molecule has 0 spiro atoms. The molecule has 1 rings (SSSR count). The molecule has 1 aromatic heterocycles. The topological polar surface area (TPSA) is 128 Å². The maximum Gasteiger partial charge on any atom is 0.352 e. The molecule has 0 aliphatic carbocycles. The summed E-state index contributed by atoms with van der Waals surface area (Å²) < 4.78 is 25.6. The van der Waals surface area contributed by atoms with Gasteiger partial charge in [-0.25, -0.2) is 17.9 Å². The molecule has 1 amide bonds. The first kappa shape index (κ1) is 14.2. The van der Waals surface area contributed by atoms with Gasteiger partial charge >= 0.3 is 5.97 Å². The molecule has 1 heterocycles. The van der Waals surface area contributed by atoms with Gasteiger partial charge in [-0.2, -0.15) is 0 Å². The summed E-state index contributed by atoms with van der Waals surface area (Å²) in [6.45, 7) is 1.50. The SMILES string of the molecule is CC(=O)NCCNS(=O)(=O)c1c[nH]c(C(=O)O)c1. The van der Waals surface area contributed by atoms with E-state index in [2.05, 4.69) is 15.0 Å². The van der Waals surface area contributed by atoms with E-state index >= 15 is 0 Å². The van der Waals surface area contributed by atoms with Gasteiger partial charge in [0.15, 0.2) is 0 Å². The fourth-order valence-corrected chi connectivity index (χ4v) is 2.18. The first-order valence-electron chi connectivity index (χ1n) is 4.99. The van der Waals surface area contributed by atoms with Crippen molar-refractivity contribution in [1.29, 1.82) is 0 Å². The molecule has 0 aliphatic rings. The van der Waals surface area contributed by atoms with Gasteiger partial charge in [0, 0.05) is 26.2 Å². The molecule has 0 saturated carbocycles. The van der Waals surface area contributed by atoms with E-state index in [1.54, 1.807) is 0 Å². The molecule has 100 valence electrons. The fraction of sp³-hybridized carbons (Fsp3) is 0.333. The highest BCUT2D eigenvalue weighted by Crippen LogP contribution is 2.10. The maximum atomic E-state index is 11.7. The van der Waals surface area contributed by atoms with Crippen LogP contribution < -0.4 is 10.0 Å². The first-order valence-corrected chi connectivity index (χ1v) is 6.47. The largest absolute Gasteiger partial charge is 0.477 e. The third-order valence-corrected chi connectivity index (χ3v) is 3.43. The minimum Gasteiger partial charge on any atom is -0.477 e. The van der Waals surface area contributed by atoms with Crippen molar-refractivity contribution >= 4 is 21.9 Å². The van der Waals surface area contributed by atoms with Crippen molar-refractivity contribution in [1.82, 2.24) is 15.0 Å². The van der Waals surface area contributed by atoms with Gasteiger partial charge in [-0.3, -0.25) is 4.79 Å². The number of carbonyl (C=O) groups excluding carboxylic acids is 1. The van der Waals surface area contributed by atoms with Crippen LogP contribution in [-0.2, 0) is 14.8 Å². The van der Waals surface area contributed by atoms with Crippen LogP contribution in [0.4, 0.5) is 0 Å². The summed E-state index contributed by atoms with van der Waals surface area (Å²) in [5.41, 5.74) is -0.211. The lowest BCUT2D eigenvalue weighted by atomic mass is 10.4. The summed E-state index contributed by atoms with van der Waals surface area (Å²) in [7, 11) is -3.77. The van der Waals surface area contributed by atoms with Crippen LogP contribution in [0.15, 0.2) is 17.2 Å². The van der Waals surface area contributed by atoms with Crippen molar-refractivity contribution in [2.75, 3.05) is 13.1 Å². The summed E-state index contributed by atoms with van der Waals surface area (Å²) in [5.74, 6) is -1.50. The Morgan fingerprint density at radius 3 is 2.56 bits per heavy atom. The Morgan fingerprint density at radius 2 is 2.06 bits per heavy atom. The number of aromatic carboxylic acids is 1. The summed E-state index contributed by atoms with van der Waals surface area (Å²) in [4.78, 5) is 23.3. The molecule has 8 nitrogen and oxygen atoms in total. The van der Waals surface area contributed by atoms with Gasteiger partial charge in [0.05, 0.1) is 0 Å². The Balaban J connectivity index is 2.62. The molecule has 0 bridgehead atoms. The number of H-pyrrole nitrogens is 1. The number of aromatic nitrogens is 1. The van der Waals surface area contributed by atoms with E-state index in [0.29, 0.717) is 0 Å². The van der Waals surface area contributed by atoms with Gasteiger partial charge in [-0.05, 0) is 6.07 Å². The molecule has 0 unspecified atom stereocenters. The third kappa shape index (κ3) is 3.86. The zero-order chi connectivity index (χ0) is 13.8. The molecule has 18 heavy (non-hydrogen) atoms. The summed E-state index contributed by atoms with van der Waals surface area (Å²) in [6.07, 6.45) is 1.09. The molecule has 0 saturated heterocycles. The Hall–Kier alpha value is -1.87. The van der Waals surface area contributed by atoms with Crippen molar-refractivity contribution in [2.45, 2.75) is 11.8 Å². The summed E-state index contributed by atoms with van der Waals surface area (Å²) >= 11 is 0. The summed E-state index contributed by atoms with van der Waals surface area (Å²) in [6, 6.07) is 1.02. The number of hydrogen-bond acceptors (Lipinski definition) is 4. The molecule has 0 aromatic carbocycles. The predicted molar refractivity (Wildman–Crippen MR) is 61.6 cm³/mol. The number of aromatic amines is 1. The number of sulfonamides is 1. The van der Waals surface area contributed by atoms with E-state index in [4.69, 9.17) is 5.11 Å². The van der Waals surface area contributed by atoms with E-state index < -0.39 is 16.0 Å². The monoisotopic (exact) mass is 275 g/mol. The number of rotatable bonds is 6. The number of amides is 1. The molecular weight excluding hydrogens is 262 g/mol. The highest BCUT2D eigenvalue weighted by molar-refractivity contribution is 7.89. The Morgan fingerprint density at radius 1 is 1.39 bits per heavy atom. The maximum absolute atomic E-state index is 11.7. The van der Waals surface area contributed by atoms with Crippen LogP contribution in [0, 0.1) is 0 Å². The lowest BCUT2D eigenvalue weighted by Gasteiger charge is -2.04. The van der Waals surface area contributed by atoms with Gasteiger partial charge in [-0.15, -0.1) is 0 Å². The number of carboxylic acid groups (broad SMARTS) is 1. The van der Waals surface area contributed by atoms with Gasteiger partial charge < -0.3 is 15.4 Å². The van der Waals surface area contributed by atoms with Crippen molar-refractivity contribution in [3.63, 3.8) is 0 Å². The van der Waals surface area contributed by atoms with E-state index in [9.17, 15) is 18.0 Å². The molecular formula is C9H13N3O5S. The van der Waals surface area contributed by atoms with Crippen LogP contribution >= 0.6 is 0 Å². The highest BCUT2D eigenvalue weighted by atomic mass is 32.2. The molecule has 4 N–H and O–H groups in total. The number of nitrogens with one attached hydrogen (secondary N) is 3. The van der Waals surface area contributed by atoms with Crippen molar-refractivity contribution in [3.05, 3.63) is 18.0 Å². The van der Waals surface area contributed by atoms with Gasteiger partial charge in [0.25, 0.3) is 0 Å². The summed E-state index contributed by atoms with van der Waals surface area (Å²) in [5, 5.41) is 11.1. The van der Waals surface area contributed by atoms with Crippen LogP contribution in [-0.4, -0.2) is 43.5 Å². The molecule has 0 radical (unpaired) electrons. The lowest BCUT2D eigenvalue weighted by Crippen LogP contribution is -2.33. The molecule has 0 atom stereocenters.